The Morgan fingerprint density at radius 3 is 2.65 bits per heavy atom. The highest BCUT2D eigenvalue weighted by Gasteiger charge is 2.01. The zero-order valence-electron chi connectivity index (χ0n) is 11.8. The van der Waals surface area contributed by atoms with Crippen LogP contribution in [0.3, 0.4) is 0 Å². The van der Waals surface area contributed by atoms with Gasteiger partial charge in [0.25, 0.3) is 0 Å². The number of rotatable bonds is 7. The zero-order valence-corrected chi connectivity index (χ0v) is 11.8. The fraction of sp³-hybridized carbons (Fsp3) is 0.312. The Morgan fingerprint density at radius 1 is 1.15 bits per heavy atom. The quantitative estimate of drug-likeness (QED) is 0.621. The lowest BCUT2D eigenvalue weighted by molar-refractivity contribution is 0.259. The normalized spacial score (nSPS) is 10.7. The van der Waals surface area contributed by atoms with E-state index in [-0.39, 0.29) is 0 Å². The van der Waals surface area contributed by atoms with Gasteiger partial charge < -0.3 is 15.4 Å². The molecule has 1 aromatic carbocycles. The number of nitrogen functional groups attached to an aromatic ring is 1. The summed E-state index contributed by atoms with van der Waals surface area (Å²) in [6, 6.07) is 11.7. The average molecular weight is 271 g/mol. The van der Waals surface area contributed by atoms with Gasteiger partial charge in [-0.1, -0.05) is 12.1 Å². The Bertz CT molecular complexity index is 516. The van der Waals surface area contributed by atoms with Crippen molar-refractivity contribution in [2.24, 2.45) is 0 Å². The SMILES string of the molecule is CN(CCCOc1ccccc1N)Cc1ccncc1. The van der Waals surface area contributed by atoms with Gasteiger partial charge in [-0.15, -0.1) is 0 Å². The number of hydrogen-bond acceptors (Lipinski definition) is 4. The standard InChI is InChI=1S/C16H21N3O/c1-19(13-14-7-9-18-10-8-14)11-4-12-20-16-6-3-2-5-15(16)17/h2-3,5-10H,4,11-13,17H2,1H3. The number of benzene rings is 1. The largest absolute Gasteiger partial charge is 0.491 e. The first-order valence-corrected chi connectivity index (χ1v) is 6.80. The monoisotopic (exact) mass is 271 g/mol. The number of ether oxygens (including phenoxy) is 1. The minimum Gasteiger partial charge on any atom is -0.491 e. The lowest BCUT2D eigenvalue weighted by Crippen LogP contribution is -2.20. The molecule has 0 unspecified atom stereocenters. The second-order valence-corrected chi connectivity index (χ2v) is 4.83. The van der Waals surface area contributed by atoms with Gasteiger partial charge in [-0.25, -0.2) is 0 Å². The molecule has 0 aliphatic carbocycles. The molecule has 0 saturated carbocycles. The van der Waals surface area contributed by atoms with Gasteiger partial charge in [-0.2, -0.15) is 0 Å². The summed E-state index contributed by atoms with van der Waals surface area (Å²) in [6.07, 6.45) is 4.62. The minimum absolute atomic E-state index is 0.675. The number of hydrogen-bond donors (Lipinski definition) is 1. The van der Waals surface area contributed by atoms with Crippen molar-refractivity contribution in [2.75, 3.05) is 25.9 Å². The van der Waals surface area contributed by atoms with Gasteiger partial charge in [0, 0.05) is 25.5 Å². The third kappa shape index (κ3) is 4.55. The van der Waals surface area contributed by atoms with Crippen LogP contribution in [-0.4, -0.2) is 30.1 Å². The number of nitrogens with zero attached hydrogens (tertiary/aromatic N) is 2. The van der Waals surface area contributed by atoms with E-state index in [1.807, 2.05) is 48.8 Å². The summed E-state index contributed by atoms with van der Waals surface area (Å²) in [5.41, 5.74) is 7.79. The van der Waals surface area contributed by atoms with E-state index in [9.17, 15) is 0 Å². The molecule has 4 heteroatoms. The van der Waals surface area contributed by atoms with Gasteiger partial charge in [0.2, 0.25) is 0 Å². The summed E-state index contributed by atoms with van der Waals surface area (Å²) in [6.45, 7) is 2.58. The summed E-state index contributed by atoms with van der Waals surface area (Å²) in [5.74, 6) is 0.768. The summed E-state index contributed by atoms with van der Waals surface area (Å²) in [5, 5.41) is 0. The van der Waals surface area contributed by atoms with E-state index in [0.717, 1.165) is 25.3 Å². The van der Waals surface area contributed by atoms with Crippen LogP contribution in [0.5, 0.6) is 5.75 Å². The van der Waals surface area contributed by atoms with Gasteiger partial charge in [-0.3, -0.25) is 4.98 Å². The smallest absolute Gasteiger partial charge is 0.142 e. The van der Waals surface area contributed by atoms with Crippen LogP contribution in [0.25, 0.3) is 0 Å². The van der Waals surface area contributed by atoms with Crippen molar-refractivity contribution in [3.8, 4) is 5.75 Å². The second kappa shape index (κ2) is 7.50. The van der Waals surface area contributed by atoms with Crippen LogP contribution in [0.1, 0.15) is 12.0 Å². The Kier molecular flexibility index (Phi) is 5.38. The Labute approximate surface area is 120 Å². The first-order valence-electron chi connectivity index (χ1n) is 6.80. The van der Waals surface area contributed by atoms with Crippen LogP contribution < -0.4 is 10.5 Å². The Balaban J connectivity index is 1.67. The molecule has 1 heterocycles. The maximum atomic E-state index is 5.82. The first kappa shape index (κ1) is 14.3. The summed E-state index contributed by atoms with van der Waals surface area (Å²) < 4.78 is 5.68. The maximum absolute atomic E-state index is 5.82. The molecule has 2 aromatic rings. The zero-order chi connectivity index (χ0) is 14.2. The van der Waals surface area contributed by atoms with E-state index >= 15 is 0 Å². The lowest BCUT2D eigenvalue weighted by atomic mass is 10.2. The Morgan fingerprint density at radius 2 is 1.90 bits per heavy atom. The molecule has 0 radical (unpaired) electrons. The summed E-state index contributed by atoms with van der Waals surface area (Å²) >= 11 is 0. The third-order valence-electron chi connectivity index (χ3n) is 3.06. The molecule has 0 amide bonds. The Hall–Kier alpha value is -2.07. The maximum Gasteiger partial charge on any atom is 0.142 e. The molecule has 2 N–H and O–H groups in total. The lowest BCUT2D eigenvalue weighted by Gasteiger charge is -2.17. The van der Waals surface area contributed by atoms with E-state index < -0.39 is 0 Å². The van der Waals surface area contributed by atoms with Gasteiger partial charge in [0.05, 0.1) is 12.3 Å². The topological polar surface area (TPSA) is 51.4 Å². The molecule has 2 rings (SSSR count). The highest BCUT2D eigenvalue weighted by atomic mass is 16.5. The molecule has 4 nitrogen and oxygen atoms in total. The van der Waals surface area contributed by atoms with Crippen LogP contribution in [-0.2, 0) is 6.54 Å². The molecule has 106 valence electrons. The number of pyridine rings is 1. The third-order valence-corrected chi connectivity index (χ3v) is 3.06. The van der Waals surface area contributed by atoms with E-state index in [0.29, 0.717) is 12.3 Å². The van der Waals surface area contributed by atoms with E-state index in [4.69, 9.17) is 10.5 Å². The summed E-state index contributed by atoms with van der Waals surface area (Å²) in [7, 11) is 2.11. The average Bonchev–Trinajstić information content (AvgIpc) is 2.46. The van der Waals surface area contributed by atoms with Crippen molar-refractivity contribution in [3.05, 3.63) is 54.4 Å². The van der Waals surface area contributed by atoms with Crippen LogP contribution in [0, 0.1) is 0 Å². The molecule has 0 bridgehead atoms. The van der Waals surface area contributed by atoms with E-state index in [1.165, 1.54) is 5.56 Å². The minimum atomic E-state index is 0.675. The van der Waals surface area contributed by atoms with E-state index in [1.54, 1.807) is 0 Å². The van der Waals surface area contributed by atoms with Gasteiger partial charge >= 0.3 is 0 Å². The second-order valence-electron chi connectivity index (χ2n) is 4.83. The molecular formula is C16H21N3O. The fourth-order valence-corrected chi connectivity index (χ4v) is 2.01. The summed E-state index contributed by atoms with van der Waals surface area (Å²) in [4.78, 5) is 6.29. The van der Waals surface area contributed by atoms with Crippen molar-refractivity contribution >= 4 is 5.69 Å². The van der Waals surface area contributed by atoms with Gasteiger partial charge in [0.1, 0.15) is 5.75 Å². The molecule has 1 aromatic heterocycles. The highest BCUT2D eigenvalue weighted by molar-refractivity contribution is 5.51. The van der Waals surface area contributed by atoms with Crippen LogP contribution >= 0.6 is 0 Å². The molecule has 0 fully saturated rings. The predicted molar refractivity (Wildman–Crippen MR) is 81.5 cm³/mol. The van der Waals surface area contributed by atoms with Crippen molar-refractivity contribution in [3.63, 3.8) is 0 Å². The number of nitrogens with two attached hydrogens (primary N) is 1. The van der Waals surface area contributed by atoms with Crippen LogP contribution in [0.4, 0.5) is 5.69 Å². The number of para-hydroxylation sites is 2. The van der Waals surface area contributed by atoms with Crippen molar-refractivity contribution in [1.29, 1.82) is 0 Å². The van der Waals surface area contributed by atoms with Gasteiger partial charge in [-0.05, 0) is 43.3 Å². The first-order chi connectivity index (χ1) is 9.75. The molecular weight excluding hydrogens is 250 g/mol. The number of anilines is 1. The predicted octanol–water partition coefficient (Wildman–Crippen LogP) is 2.56. The molecule has 0 atom stereocenters. The van der Waals surface area contributed by atoms with Gasteiger partial charge in [0.15, 0.2) is 0 Å². The molecule has 0 aliphatic rings. The molecule has 0 saturated heterocycles. The number of aromatic nitrogens is 1. The highest BCUT2D eigenvalue weighted by Crippen LogP contribution is 2.19. The fourth-order valence-electron chi connectivity index (χ4n) is 2.01. The van der Waals surface area contributed by atoms with Crippen LogP contribution in [0.15, 0.2) is 48.8 Å². The van der Waals surface area contributed by atoms with Crippen molar-refractivity contribution < 1.29 is 4.74 Å². The molecule has 0 aliphatic heterocycles. The molecule has 20 heavy (non-hydrogen) atoms. The van der Waals surface area contributed by atoms with Crippen molar-refractivity contribution in [2.45, 2.75) is 13.0 Å². The van der Waals surface area contributed by atoms with E-state index in [2.05, 4.69) is 16.9 Å². The van der Waals surface area contributed by atoms with Crippen molar-refractivity contribution in [1.82, 2.24) is 9.88 Å². The molecule has 0 spiro atoms. The van der Waals surface area contributed by atoms with Crippen LogP contribution in [0.2, 0.25) is 0 Å².